The molecule has 0 N–H and O–H groups in total. The van der Waals surface area contributed by atoms with E-state index in [1.807, 2.05) is 6.08 Å². The Morgan fingerprint density at radius 2 is 1.66 bits per heavy atom. The van der Waals surface area contributed by atoms with E-state index in [1.54, 1.807) is 7.11 Å². The second-order valence-electron chi connectivity index (χ2n) is 9.50. The number of hydrogen-bond donors (Lipinski definition) is 0. The van der Waals surface area contributed by atoms with Gasteiger partial charge in [0.2, 0.25) is 0 Å². The summed E-state index contributed by atoms with van der Waals surface area (Å²) in [6.45, 7) is 2.31. The van der Waals surface area contributed by atoms with Gasteiger partial charge in [0.05, 0.1) is 7.11 Å². The zero-order valence-corrected chi connectivity index (χ0v) is 18.7. The predicted molar refractivity (Wildman–Crippen MR) is 124 cm³/mol. The highest BCUT2D eigenvalue weighted by Gasteiger charge is 2.38. The molecule has 1 aromatic carbocycles. The Labute approximate surface area is 179 Å². The van der Waals surface area contributed by atoms with Crippen LogP contribution in [-0.4, -0.2) is 7.11 Å². The molecule has 2 saturated carbocycles. The van der Waals surface area contributed by atoms with Crippen LogP contribution in [0.25, 0.3) is 0 Å². The van der Waals surface area contributed by atoms with Gasteiger partial charge in [-0.3, -0.25) is 0 Å². The van der Waals surface area contributed by atoms with Crippen molar-refractivity contribution in [2.24, 2.45) is 17.8 Å². The fraction of sp³-hybridized carbons (Fsp3) is 0.643. The van der Waals surface area contributed by atoms with Gasteiger partial charge in [0.25, 0.3) is 0 Å². The Hall–Kier alpha value is -1.68. The maximum absolute atomic E-state index is 5.57. The zero-order chi connectivity index (χ0) is 20.5. The molecule has 0 aromatic heterocycles. The summed E-state index contributed by atoms with van der Waals surface area (Å²) in [6.07, 6.45) is 26.5. The minimum Gasteiger partial charge on any atom is -0.497 e. The number of hydrogen-bond acceptors (Lipinski definition) is 1. The van der Waals surface area contributed by atoms with Crippen LogP contribution in [0, 0.1) is 30.1 Å². The third-order valence-electron chi connectivity index (χ3n) is 7.86. The summed E-state index contributed by atoms with van der Waals surface area (Å²) < 4.78 is 5.36. The minimum atomic E-state index is 0.104. The molecular formula is C28H40O. The van der Waals surface area contributed by atoms with Crippen LogP contribution < -0.4 is 4.74 Å². The number of ether oxygens (including phenoxy) is 1. The van der Waals surface area contributed by atoms with Crippen LogP contribution in [-0.2, 0) is 5.41 Å². The highest BCUT2D eigenvalue weighted by Crippen LogP contribution is 2.48. The van der Waals surface area contributed by atoms with Gasteiger partial charge in [0, 0.05) is 5.41 Å². The van der Waals surface area contributed by atoms with Crippen LogP contribution >= 0.6 is 0 Å². The molecular weight excluding hydrogens is 352 g/mol. The lowest BCUT2D eigenvalue weighted by Crippen LogP contribution is -2.33. The summed E-state index contributed by atoms with van der Waals surface area (Å²) in [5, 5.41) is 0. The summed E-state index contributed by atoms with van der Waals surface area (Å²) in [4.78, 5) is 0. The van der Waals surface area contributed by atoms with Crippen molar-refractivity contribution >= 4 is 0 Å². The molecule has 0 spiro atoms. The number of methoxy groups -OCH3 is 1. The van der Waals surface area contributed by atoms with Gasteiger partial charge in [0.1, 0.15) is 5.75 Å². The van der Waals surface area contributed by atoms with E-state index in [0.717, 1.165) is 23.5 Å². The van der Waals surface area contributed by atoms with E-state index in [0.29, 0.717) is 0 Å². The van der Waals surface area contributed by atoms with E-state index >= 15 is 0 Å². The molecule has 0 unspecified atom stereocenters. The smallest absolute Gasteiger partial charge is 0.118 e. The molecule has 0 atom stereocenters. The monoisotopic (exact) mass is 392 g/mol. The van der Waals surface area contributed by atoms with Crippen molar-refractivity contribution in [2.75, 3.05) is 7.11 Å². The van der Waals surface area contributed by atoms with Gasteiger partial charge < -0.3 is 4.74 Å². The molecule has 2 fully saturated rings. The molecule has 0 bridgehead atoms. The Bertz CT molecular complexity index is 661. The summed E-state index contributed by atoms with van der Waals surface area (Å²) in [5.74, 6) is 6.54. The second-order valence-corrected chi connectivity index (χ2v) is 9.50. The maximum atomic E-state index is 5.57. The minimum absolute atomic E-state index is 0.104. The standard InChI is InChI=1S/C28H40O/c1-4-6-8-9-23-10-12-24(13-11-23)25-18-21-28(22-19-25,20-7-5-2)26-14-16-27(29-3)17-15-26/h2,7,14-17,20,23-25H,4,6,8-13,18-19,21-22H2,1,3H3/b20-7+/t23?,24?,25-,28+. The summed E-state index contributed by atoms with van der Waals surface area (Å²) in [7, 11) is 1.73. The molecule has 2 aliphatic rings. The number of terminal acetylenes is 1. The number of unbranched alkanes of at least 4 members (excludes halogenated alkanes) is 2. The van der Waals surface area contributed by atoms with E-state index < -0.39 is 0 Å². The topological polar surface area (TPSA) is 9.23 Å². The van der Waals surface area contributed by atoms with Gasteiger partial charge in [-0.25, -0.2) is 0 Å². The van der Waals surface area contributed by atoms with Crippen LogP contribution in [0.3, 0.4) is 0 Å². The molecule has 0 radical (unpaired) electrons. The highest BCUT2D eigenvalue weighted by molar-refractivity contribution is 5.37. The first-order valence-electron chi connectivity index (χ1n) is 12.0. The van der Waals surface area contributed by atoms with E-state index in [1.165, 1.54) is 82.6 Å². The fourth-order valence-corrected chi connectivity index (χ4v) is 5.94. The Morgan fingerprint density at radius 1 is 1.00 bits per heavy atom. The van der Waals surface area contributed by atoms with Crippen molar-refractivity contribution in [3.8, 4) is 18.1 Å². The number of allylic oxidation sites excluding steroid dienone is 2. The molecule has 0 heterocycles. The van der Waals surface area contributed by atoms with Crippen molar-refractivity contribution < 1.29 is 4.74 Å². The van der Waals surface area contributed by atoms with Crippen LogP contribution in [0.4, 0.5) is 0 Å². The lowest BCUT2D eigenvalue weighted by molar-refractivity contribution is 0.142. The average molecular weight is 393 g/mol. The van der Waals surface area contributed by atoms with Crippen LogP contribution in [0.15, 0.2) is 36.4 Å². The third kappa shape index (κ3) is 5.69. The van der Waals surface area contributed by atoms with Crippen molar-refractivity contribution in [2.45, 2.75) is 89.4 Å². The summed E-state index contributed by atoms with van der Waals surface area (Å²) >= 11 is 0. The second kappa shape index (κ2) is 10.9. The van der Waals surface area contributed by atoms with Gasteiger partial charge in [-0.2, -0.15) is 0 Å². The SMILES string of the molecule is C#C/C=C/[C@]1(c2ccc(OC)cc2)CC[C@@H](C2CCC(CCCCC)CC2)CC1. The lowest BCUT2D eigenvalue weighted by Gasteiger charge is -2.43. The average Bonchev–Trinajstić information content (AvgIpc) is 2.79. The van der Waals surface area contributed by atoms with E-state index in [-0.39, 0.29) is 5.41 Å². The summed E-state index contributed by atoms with van der Waals surface area (Å²) in [5.41, 5.74) is 1.50. The first-order valence-corrected chi connectivity index (χ1v) is 12.0. The van der Waals surface area contributed by atoms with Crippen LogP contribution in [0.5, 0.6) is 5.75 Å². The van der Waals surface area contributed by atoms with Crippen LogP contribution in [0.2, 0.25) is 0 Å². The van der Waals surface area contributed by atoms with Crippen molar-refractivity contribution in [3.63, 3.8) is 0 Å². The molecule has 1 aromatic rings. The quantitative estimate of drug-likeness (QED) is 0.325. The van der Waals surface area contributed by atoms with Gasteiger partial charge in [-0.1, -0.05) is 69.6 Å². The predicted octanol–water partition coefficient (Wildman–Crippen LogP) is 7.70. The normalized spacial score (nSPS) is 30.2. The Balaban J connectivity index is 1.58. The highest BCUT2D eigenvalue weighted by atomic mass is 16.5. The van der Waals surface area contributed by atoms with Crippen LogP contribution in [0.1, 0.15) is 89.5 Å². The zero-order valence-electron chi connectivity index (χ0n) is 18.7. The van der Waals surface area contributed by atoms with Crippen molar-refractivity contribution in [1.29, 1.82) is 0 Å². The number of rotatable bonds is 8. The maximum Gasteiger partial charge on any atom is 0.118 e. The van der Waals surface area contributed by atoms with Gasteiger partial charge in [-0.05, 0) is 80.1 Å². The molecule has 2 aliphatic carbocycles. The van der Waals surface area contributed by atoms with E-state index in [9.17, 15) is 0 Å². The fourth-order valence-electron chi connectivity index (χ4n) is 5.94. The number of benzene rings is 1. The van der Waals surface area contributed by atoms with Crippen molar-refractivity contribution in [3.05, 3.63) is 42.0 Å². The molecule has 158 valence electrons. The van der Waals surface area contributed by atoms with Gasteiger partial charge in [-0.15, -0.1) is 6.42 Å². The molecule has 0 saturated heterocycles. The van der Waals surface area contributed by atoms with Crippen molar-refractivity contribution in [1.82, 2.24) is 0 Å². The first-order chi connectivity index (χ1) is 14.2. The molecule has 1 nitrogen and oxygen atoms in total. The Morgan fingerprint density at radius 3 is 2.24 bits per heavy atom. The molecule has 0 aliphatic heterocycles. The Kier molecular flexibility index (Phi) is 8.29. The van der Waals surface area contributed by atoms with E-state index in [4.69, 9.17) is 11.2 Å². The summed E-state index contributed by atoms with van der Waals surface area (Å²) in [6, 6.07) is 8.66. The third-order valence-corrected chi connectivity index (χ3v) is 7.86. The van der Waals surface area contributed by atoms with Gasteiger partial charge in [0.15, 0.2) is 0 Å². The molecule has 29 heavy (non-hydrogen) atoms. The molecule has 0 amide bonds. The van der Waals surface area contributed by atoms with E-state index in [2.05, 4.69) is 43.2 Å². The first kappa shape index (κ1) is 22.0. The largest absolute Gasteiger partial charge is 0.497 e. The van der Waals surface area contributed by atoms with Gasteiger partial charge >= 0.3 is 0 Å². The lowest BCUT2D eigenvalue weighted by atomic mass is 9.62. The molecule has 1 heteroatoms. The molecule has 3 rings (SSSR count).